The minimum atomic E-state index is -0.156. The van der Waals surface area contributed by atoms with Gasteiger partial charge in [-0.2, -0.15) is 5.10 Å². The number of carbonyl (C=O) groups is 1. The molecule has 0 radical (unpaired) electrons. The summed E-state index contributed by atoms with van der Waals surface area (Å²) in [6.07, 6.45) is 3.04. The van der Waals surface area contributed by atoms with Crippen LogP contribution in [0.15, 0.2) is 30.6 Å². The van der Waals surface area contributed by atoms with Crippen LogP contribution in [0.2, 0.25) is 0 Å². The van der Waals surface area contributed by atoms with Crippen LogP contribution < -0.4 is 5.32 Å². The number of nitrogens with zero attached hydrogens (tertiary/aromatic N) is 2. The van der Waals surface area contributed by atoms with Crippen LogP contribution in [0.3, 0.4) is 0 Å². The van der Waals surface area contributed by atoms with Crippen molar-refractivity contribution in [2.45, 2.75) is 13.5 Å². The highest BCUT2D eigenvalue weighted by Crippen LogP contribution is 1.99. The van der Waals surface area contributed by atoms with Crippen LogP contribution in [0, 0.1) is 6.92 Å². The van der Waals surface area contributed by atoms with Gasteiger partial charge in [-0.05, 0) is 19.1 Å². The van der Waals surface area contributed by atoms with Gasteiger partial charge in [0.25, 0.3) is 5.91 Å². The summed E-state index contributed by atoms with van der Waals surface area (Å²) in [5, 5.41) is 9.07. The van der Waals surface area contributed by atoms with Crippen LogP contribution in [0.25, 0.3) is 0 Å². The molecule has 1 amide bonds. The average Bonchev–Trinajstić information content (AvgIpc) is 2.79. The van der Waals surface area contributed by atoms with Crippen LogP contribution in [-0.2, 0) is 6.54 Å². The van der Waals surface area contributed by atoms with Gasteiger partial charge in [0.05, 0.1) is 24.0 Å². The molecule has 2 rings (SSSR count). The lowest BCUT2D eigenvalue weighted by Crippen LogP contribution is -2.22. The van der Waals surface area contributed by atoms with Crippen LogP contribution in [0.4, 0.5) is 0 Å². The maximum absolute atomic E-state index is 11.6. The van der Waals surface area contributed by atoms with Crippen molar-refractivity contribution in [3.05, 3.63) is 47.5 Å². The molecule has 0 bridgehead atoms. The van der Waals surface area contributed by atoms with Gasteiger partial charge in [0, 0.05) is 11.9 Å². The summed E-state index contributed by atoms with van der Waals surface area (Å²) < 4.78 is 0. The number of aromatic nitrogens is 3. The topological polar surface area (TPSA) is 70.7 Å². The largest absolute Gasteiger partial charge is 0.346 e. The van der Waals surface area contributed by atoms with Crippen molar-refractivity contribution < 1.29 is 4.79 Å². The molecule has 16 heavy (non-hydrogen) atoms. The maximum atomic E-state index is 11.6. The third-order valence-corrected chi connectivity index (χ3v) is 2.14. The van der Waals surface area contributed by atoms with Gasteiger partial charge in [-0.15, -0.1) is 0 Å². The van der Waals surface area contributed by atoms with Gasteiger partial charge < -0.3 is 5.32 Å². The van der Waals surface area contributed by atoms with E-state index in [1.165, 1.54) is 6.20 Å². The molecule has 5 nitrogen and oxygen atoms in total. The van der Waals surface area contributed by atoms with Crippen LogP contribution in [0.1, 0.15) is 21.7 Å². The molecule has 0 aromatic carbocycles. The molecule has 5 heteroatoms. The summed E-state index contributed by atoms with van der Waals surface area (Å²) in [6, 6.07) is 5.71. The predicted molar refractivity (Wildman–Crippen MR) is 58.7 cm³/mol. The lowest BCUT2D eigenvalue weighted by Gasteiger charge is -2.03. The Morgan fingerprint density at radius 3 is 3.06 bits per heavy atom. The monoisotopic (exact) mass is 216 g/mol. The van der Waals surface area contributed by atoms with Gasteiger partial charge in [0.1, 0.15) is 0 Å². The second-order valence-corrected chi connectivity index (χ2v) is 3.44. The van der Waals surface area contributed by atoms with Gasteiger partial charge in [0.2, 0.25) is 0 Å². The van der Waals surface area contributed by atoms with Gasteiger partial charge in [-0.25, -0.2) is 0 Å². The number of rotatable bonds is 3. The Labute approximate surface area is 92.9 Å². The van der Waals surface area contributed by atoms with E-state index in [1.807, 2.05) is 25.1 Å². The van der Waals surface area contributed by atoms with Gasteiger partial charge >= 0.3 is 0 Å². The van der Waals surface area contributed by atoms with Gasteiger partial charge in [-0.1, -0.05) is 6.07 Å². The quantitative estimate of drug-likeness (QED) is 0.805. The van der Waals surface area contributed by atoms with Crippen molar-refractivity contribution in [3.63, 3.8) is 0 Å². The number of nitrogens with one attached hydrogen (secondary N) is 2. The first kappa shape index (κ1) is 10.4. The lowest BCUT2D eigenvalue weighted by atomic mass is 10.3. The Balaban J connectivity index is 1.95. The van der Waals surface area contributed by atoms with E-state index >= 15 is 0 Å². The van der Waals surface area contributed by atoms with Gasteiger partial charge in [0.15, 0.2) is 0 Å². The molecule has 0 atom stereocenters. The third-order valence-electron chi connectivity index (χ3n) is 2.14. The zero-order chi connectivity index (χ0) is 11.4. The molecule has 2 aromatic rings. The standard InChI is InChI=1S/C11H12N4O/c1-8-3-2-4-10(15-8)7-12-11(16)9-5-13-14-6-9/h2-6H,7H2,1H3,(H,12,16)(H,13,14). The first-order valence-electron chi connectivity index (χ1n) is 4.95. The van der Waals surface area contributed by atoms with Crippen molar-refractivity contribution in [3.8, 4) is 0 Å². The van der Waals surface area contributed by atoms with Crippen LogP contribution in [-0.4, -0.2) is 21.1 Å². The highest BCUT2D eigenvalue weighted by molar-refractivity contribution is 5.93. The van der Waals surface area contributed by atoms with E-state index < -0.39 is 0 Å². The SMILES string of the molecule is Cc1cccc(CNC(=O)c2cn[nH]c2)n1. The third kappa shape index (κ3) is 2.44. The zero-order valence-corrected chi connectivity index (χ0v) is 8.90. The highest BCUT2D eigenvalue weighted by atomic mass is 16.1. The van der Waals surface area contributed by atoms with E-state index in [4.69, 9.17) is 0 Å². The first-order chi connectivity index (χ1) is 7.75. The summed E-state index contributed by atoms with van der Waals surface area (Å²) in [5.41, 5.74) is 2.31. The molecule has 0 saturated heterocycles. The molecule has 0 unspecified atom stereocenters. The van der Waals surface area contributed by atoms with Crippen molar-refractivity contribution in [2.75, 3.05) is 0 Å². The summed E-state index contributed by atoms with van der Waals surface area (Å²) in [6.45, 7) is 2.34. The van der Waals surface area contributed by atoms with E-state index in [-0.39, 0.29) is 5.91 Å². The zero-order valence-electron chi connectivity index (χ0n) is 8.90. The average molecular weight is 216 g/mol. The van der Waals surface area contributed by atoms with Crippen molar-refractivity contribution in [2.24, 2.45) is 0 Å². The summed E-state index contributed by atoms with van der Waals surface area (Å²) in [4.78, 5) is 15.9. The Hall–Kier alpha value is -2.17. The Morgan fingerprint density at radius 1 is 1.50 bits per heavy atom. The molecule has 0 fully saturated rings. The predicted octanol–water partition coefficient (Wildman–Crippen LogP) is 1.04. The van der Waals surface area contributed by atoms with Crippen molar-refractivity contribution in [1.82, 2.24) is 20.5 Å². The second kappa shape index (κ2) is 4.57. The minimum Gasteiger partial charge on any atom is -0.346 e. The molecule has 2 heterocycles. The summed E-state index contributed by atoms with van der Waals surface area (Å²) in [5.74, 6) is -0.156. The molecule has 0 saturated carbocycles. The molecule has 0 aliphatic rings. The van der Waals surface area contributed by atoms with Crippen molar-refractivity contribution >= 4 is 5.91 Å². The second-order valence-electron chi connectivity index (χ2n) is 3.44. The fraction of sp³-hybridized carbons (Fsp3) is 0.182. The molecule has 2 N–H and O–H groups in total. The fourth-order valence-electron chi connectivity index (χ4n) is 1.35. The molecule has 82 valence electrons. The smallest absolute Gasteiger partial charge is 0.254 e. The van der Waals surface area contributed by atoms with Crippen LogP contribution in [0.5, 0.6) is 0 Å². The number of carbonyl (C=O) groups excluding carboxylic acids is 1. The van der Waals surface area contributed by atoms with Crippen molar-refractivity contribution in [1.29, 1.82) is 0 Å². The van der Waals surface area contributed by atoms with Gasteiger partial charge in [-0.3, -0.25) is 14.9 Å². The number of aryl methyl sites for hydroxylation is 1. The Kier molecular flexibility index (Phi) is 2.95. The number of hydrogen-bond acceptors (Lipinski definition) is 3. The van der Waals surface area contributed by atoms with E-state index in [1.54, 1.807) is 6.20 Å². The summed E-state index contributed by atoms with van der Waals surface area (Å²) in [7, 11) is 0. The Morgan fingerprint density at radius 2 is 2.38 bits per heavy atom. The Bertz CT molecular complexity index is 478. The maximum Gasteiger partial charge on any atom is 0.254 e. The first-order valence-corrected chi connectivity index (χ1v) is 4.95. The number of pyridine rings is 1. The molecular formula is C11H12N4O. The van der Waals surface area contributed by atoms with E-state index in [9.17, 15) is 4.79 Å². The normalized spacial score (nSPS) is 10.1. The summed E-state index contributed by atoms with van der Waals surface area (Å²) >= 11 is 0. The van der Waals surface area contributed by atoms with Crippen LogP contribution >= 0.6 is 0 Å². The van der Waals surface area contributed by atoms with E-state index in [2.05, 4.69) is 20.5 Å². The molecular weight excluding hydrogens is 204 g/mol. The van der Waals surface area contributed by atoms with E-state index in [0.717, 1.165) is 11.4 Å². The fourth-order valence-corrected chi connectivity index (χ4v) is 1.35. The number of aromatic amines is 1. The molecule has 2 aromatic heterocycles. The molecule has 0 spiro atoms. The number of amides is 1. The number of hydrogen-bond donors (Lipinski definition) is 2. The lowest BCUT2D eigenvalue weighted by molar-refractivity contribution is 0.0950. The highest BCUT2D eigenvalue weighted by Gasteiger charge is 2.05. The number of H-pyrrole nitrogens is 1. The molecule has 0 aliphatic heterocycles. The minimum absolute atomic E-state index is 0.156. The molecule has 0 aliphatic carbocycles. The van der Waals surface area contributed by atoms with E-state index in [0.29, 0.717) is 12.1 Å².